The zero-order valence-corrected chi connectivity index (χ0v) is 14.1. The van der Waals surface area contributed by atoms with Gasteiger partial charge in [-0.25, -0.2) is 0 Å². The van der Waals surface area contributed by atoms with Crippen LogP contribution < -0.4 is 5.32 Å². The summed E-state index contributed by atoms with van der Waals surface area (Å²) in [6, 6.07) is 6.97. The van der Waals surface area contributed by atoms with Gasteiger partial charge >= 0.3 is 0 Å². The molecule has 1 nitrogen and oxygen atoms in total. The highest BCUT2D eigenvalue weighted by Crippen LogP contribution is 2.20. The highest BCUT2D eigenvalue weighted by atomic mass is 35.5. The molecule has 0 aliphatic carbocycles. The molecule has 1 aromatic carbocycles. The topological polar surface area (TPSA) is 12.0 Å². The quantitative estimate of drug-likeness (QED) is 0.560. The van der Waals surface area contributed by atoms with E-state index in [1.165, 1.54) is 49.7 Å². The summed E-state index contributed by atoms with van der Waals surface area (Å²) < 4.78 is 0. The van der Waals surface area contributed by atoms with Crippen molar-refractivity contribution in [2.24, 2.45) is 0 Å². The summed E-state index contributed by atoms with van der Waals surface area (Å²) in [4.78, 5) is 0. The molecule has 114 valence electrons. The molecule has 1 atom stereocenters. The molecule has 0 heterocycles. The van der Waals surface area contributed by atoms with Crippen LogP contribution in [0.4, 0.5) is 0 Å². The molecule has 0 spiro atoms. The van der Waals surface area contributed by atoms with Gasteiger partial charge in [-0.15, -0.1) is 0 Å². The van der Waals surface area contributed by atoms with Gasteiger partial charge < -0.3 is 5.32 Å². The predicted octanol–water partition coefficient (Wildman–Crippen LogP) is 5.53. The van der Waals surface area contributed by atoms with Crippen LogP contribution in [-0.2, 0) is 6.42 Å². The fraction of sp³-hybridized carbons (Fsp3) is 0.667. The third kappa shape index (κ3) is 6.76. The summed E-state index contributed by atoms with van der Waals surface area (Å²) in [6.45, 7) is 7.57. The van der Waals surface area contributed by atoms with Crippen LogP contribution in [0.15, 0.2) is 18.2 Å². The molecule has 0 bridgehead atoms. The summed E-state index contributed by atoms with van der Waals surface area (Å²) in [5, 5.41) is 4.52. The number of unbranched alkanes of at least 4 members (excludes halogenated alkanes) is 4. The van der Waals surface area contributed by atoms with E-state index in [9.17, 15) is 0 Å². The molecule has 1 rings (SSSR count). The van der Waals surface area contributed by atoms with Crippen molar-refractivity contribution in [3.63, 3.8) is 0 Å². The standard InChI is InChI=1S/C18H30ClN/c1-4-6-7-8-9-10-17(20-5-2)14-16-12-11-15(3)13-18(16)19/h11-13,17,20H,4-10,14H2,1-3H3. The second-order valence-electron chi connectivity index (χ2n) is 5.76. The van der Waals surface area contributed by atoms with Crippen molar-refractivity contribution >= 4 is 11.6 Å². The zero-order chi connectivity index (χ0) is 14.8. The molecule has 0 aliphatic heterocycles. The summed E-state index contributed by atoms with van der Waals surface area (Å²) in [5.41, 5.74) is 2.51. The molecule has 1 aromatic rings. The monoisotopic (exact) mass is 295 g/mol. The molecular weight excluding hydrogens is 266 g/mol. The number of halogens is 1. The Balaban J connectivity index is 2.45. The first kappa shape index (κ1) is 17.5. The van der Waals surface area contributed by atoms with Crippen molar-refractivity contribution in [3.05, 3.63) is 34.3 Å². The van der Waals surface area contributed by atoms with Crippen LogP contribution in [0.2, 0.25) is 5.02 Å². The lowest BCUT2D eigenvalue weighted by Crippen LogP contribution is -2.31. The largest absolute Gasteiger partial charge is 0.314 e. The molecule has 0 saturated carbocycles. The number of hydrogen-bond donors (Lipinski definition) is 1. The van der Waals surface area contributed by atoms with E-state index in [1.807, 2.05) is 0 Å². The van der Waals surface area contributed by atoms with Gasteiger partial charge in [-0.3, -0.25) is 0 Å². The first-order chi connectivity index (χ1) is 9.67. The number of nitrogens with one attached hydrogen (secondary N) is 1. The predicted molar refractivity (Wildman–Crippen MR) is 90.7 cm³/mol. The van der Waals surface area contributed by atoms with Crippen LogP contribution in [0.1, 0.15) is 63.5 Å². The minimum Gasteiger partial charge on any atom is -0.314 e. The lowest BCUT2D eigenvalue weighted by atomic mass is 9.99. The van der Waals surface area contributed by atoms with Gasteiger partial charge in [-0.2, -0.15) is 0 Å². The molecule has 2 heteroatoms. The van der Waals surface area contributed by atoms with Crippen LogP contribution in [0.25, 0.3) is 0 Å². The molecule has 0 saturated heterocycles. The number of aryl methyl sites for hydroxylation is 1. The normalized spacial score (nSPS) is 12.6. The second kappa shape index (κ2) is 10.2. The Morgan fingerprint density at radius 1 is 1.10 bits per heavy atom. The Kier molecular flexibility index (Phi) is 8.97. The SMILES string of the molecule is CCCCCCCC(Cc1ccc(C)cc1Cl)NCC. The molecular formula is C18H30ClN. The van der Waals surface area contributed by atoms with Gasteiger partial charge in [-0.05, 0) is 43.5 Å². The lowest BCUT2D eigenvalue weighted by molar-refractivity contribution is 0.461. The van der Waals surface area contributed by atoms with E-state index >= 15 is 0 Å². The molecule has 1 unspecified atom stereocenters. The summed E-state index contributed by atoms with van der Waals surface area (Å²) in [7, 11) is 0. The van der Waals surface area contributed by atoms with Crippen LogP contribution in [-0.4, -0.2) is 12.6 Å². The average molecular weight is 296 g/mol. The first-order valence-corrected chi connectivity index (χ1v) is 8.53. The van der Waals surface area contributed by atoms with Crippen molar-refractivity contribution in [1.82, 2.24) is 5.32 Å². The molecule has 20 heavy (non-hydrogen) atoms. The summed E-state index contributed by atoms with van der Waals surface area (Å²) in [6.07, 6.45) is 9.03. The van der Waals surface area contributed by atoms with Gasteiger partial charge in [0, 0.05) is 11.1 Å². The van der Waals surface area contributed by atoms with Gasteiger partial charge in [0.2, 0.25) is 0 Å². The van der Waals surface area contributed by atoms with Crippen molar-refractivity contribution in [1.29, 1.82) is 0 Å². The molecule has 0 aliphatic rings. The maximum absolute atomic E-state index is 6.35. The zero-order valence-electron chi connectivity index (χ0n) is 13.3. The Morgan fingerprint density at radius 2 is 1.85 bits per heavy atom. The van der Waals surface area contributed by atoms with E-state index in [2.05, 4.69) is 44.3 Å². The van der Waals surface area contributed by atoms with Crippen LogP contribution in [0.5, 0.6) is 0 Å². The van der Waals surface area contributed by atoms with Crippen molar-refractivity contribution in [2.75, 3.05) is 6.54 Å². The average Bonchev–Trinajstić information content (AvgIpc) is 2.41. The van der Waals surface area contributed by atoms with Gasteiger partial charge in [0.05, 0.1) is 0 Å². The smallest absolute Gasteiger partial charge is 0.0441 e. The molecule has 0 fully saturated rings. The minimum atomic E-state index is 0.557. The summed E-state index contributed by atoms with van der Waals surface area (Å²) in [5.74, 6) is 0. The van der Waals surface area contributed by atoms with E-state index in [1.54, 1.807) is 0 Å². The molecule has 0 aromatic heterocycles. The highest BCUT2D eigenvalue weighted by Gasteiger charge is 2.10. The number of benzene rings is 1. The third-order valence-electron chi connectivity index (χ3n) is 3.82. The summed E-state index contributed by atoms with van der Waals surface area (Å²) >= 11 is 6.35. The highest BCUT2D eigenvalue weighted by molar-refractivity contribution is 6.31. The van der Waals surface area contributed by atoms with Crippen molar-refractivity contribution in [3.8, 4) is 0 Å². The number of rotatable bonds is 10. The molecule has 0 amide bonds. The van der Waals surface area contributed by atoms with E-state index < -0.39 is 0 Å². The molecule has 1 N–H and O–H groups in total. The van der Waals surface area contributed by atoms with E-state index in [4.69, 9.17) is 11.6 Å². The Morgan fingerprint density at radius 3 is 2.50 bits per heavy atom. The third-order valence-corrected chi connectivity index (χ3v) is 4.18. The number of hydrogen-bond acceptors (Lipinski definition) is 1. The van der Waals surface area contributed by atoms with Gasteiger partial charge in [0.15, 0.2) is 0 Å². The Bertz CT molecular complexity index is 376. The number of likely N-dealkylation sites (N-methyl/N-ethyl adjacent to an activating group) is 1. The van der Waals surface area contributed by atoms with Crippen molar-refractivity contribution < 1.29 is 0 Å². The molecule has 0 radical (unpaired) electrons. The van der Waals surface area contributed by atoms with E-state index in [0.29, 0.717) is 6.04 Å². The van der Waals surface area contributed by atoms with Gasteiger partial charge in [0.1, 0.15) is 0 Å². The minimum absolute atomic E-state index is 0.557. The van der Waals surface area contributed by atoms with Crippen molar-refractivity contribution in [2.45, 2.75) is 71.8 Å². The van der Waals surface area contributed by atoms with Gasteiger partial charge in [-0.1, -0.05) is 69.7 Å². The van der Waals surface area contributed by atoms with E-state index in [-0.39, 0.29) is 0 Å². The Hall–Kier alpha value is -0.530. The van der Waals surface area contributed by atoms with Crippen LogP contribution in [0, 0.1) is 6.92 Å². The second-order valence-corrected chi connectivity index (χ2v) is 6.16. The van der Waals surface area contributed by atoms with E-state index in [0.717, 1.165) is 18.0 Å². The first-order valence-electron chi connectivity index (χ1n) is 8.15. The maximum Gasteiger partial charge on any atom is 0.0441 e. The lowest BCUT2D eigenvalue weighted by Gasteiger charge is -2.19. The maximum atomic E-state index is 6.35. The fourth-order valence-corrected chi connectivity index (χ4v) is 2.95. The fourth-order valence-electron chi connectivity index (χ4n) is 2.64. The van der Waals surface area contributed by atoms with Crippen LogP contribution >= 0.6 is 11.6 Å². The van der Waals surface area contributed by atoms with Gasteiger partial charge in [0.25, 0.3) is 0 Å². The van der Waals surface area contributed by atoms with Crippen LogP contribution in [0.3, 0.4) is 0 Å². The Labute approximate surface area is 130 Å².